The number of rotatable bonds is 2. The highest BCUT2D eigenvalue weighted by Crippen LogP contribution is 2.25. The van der Waals surface area contributed by atoms with Crippen LogP contribution in [-0.4, -0.2) is 27.3 Å². The van der Waals surface area contributed by atoms with Gasteiger partial charge in [0.1, 0.15) is 12.1 Å². The first-order chi connectivity index (χ1) is 6.81. The van der Waals surface area contributed by atoms with Crippen LogP contribution >= 0.6 is 11.6 Å². The third kappa shape index (κ3) is 1.54. The standard InChI is InChI=1S/C8H7ClN4O/c1-14-8-3-2-6(4-7(8)9)13-5-10-11-12-13/h2-5H,1H3. The smallest absolute Gasteiger partial charge is 0.143 e. The molecule has 6 heteroatoms. The van der Waals surface area contributed by atoms with Gasteiger partial charge in [-0.25, -0.2) is 4.68 Å². The van der Waals surface area contributed by atoms with Crippen molar-refractivity contribution in [1.82, 2.24) is 20.2 Å². The molecule has 0 aliphatic heterocycles. The van der Waals surface area contributed by atoms with Crippen molar-refractivity contribution < 1.29 is 4.74 Å². The van der Waals surface area contributed by atoms with Gasteiger partial charge in [-0.3, -0.25) is 0 Å². The predicted molar refractivity (Wildman–Crippen MR) is 50.7 cm³/mol. The van der Waals surface area contributed by atoms with Gasteiger partial charge in [-0.15, -0.1) is 5.10 Å². The average molecular weight is 211 g/mol. The van der Waals surface area contributed by atoms with Crippen molar-refractivity contribution >= 4 is 11.6 Å². The van der Waals surface area contributed by atoms with Crippen LogP contribution in [-0.2, 0) is 0 Å². The highest BCUT2D eigenvalue weighted by atomic mass is 35.5. The summed E-state index contributed by atoms with van der Waals surface area (Å²) in [5, 5.41) is 11.3. The number of nitrogens with zero attached hydrogens (tertiary/aromatic N) is 4. The molecule has 1 heterocycles. The summed E-state index contributed by atoms with van der Waals surface area (Å²) in [6.45, 7) is 0. The number of hydrogen-bond donors (Lipinski definition) is 0. The van der Waals surface area contributed by atoms with E-state index < -0.39 is 0 Å². The molecule has 2 aromatic rings. The van der Waals surface area contributed by atoms with Crippen molar-refractivity contribution in [2.75, 3.05) is 7.11 Å². The highest BCUT2D eigenvalue weighted by molar-refractivity contribution is 6.32. The van der Waals surface area contributed by atoms with E-state index in [9.17, 15) is 0 Å². The molecule has 0 atom stereocenters. The van der Waals surface area contributed by atoms with Gasteiger partial charge in [0.2, 0.25) is 0 Å². The summed E-state index contributed by atoms with van der Waals surface area (Å²) in [7, 11) is 1.57. The molecule has 0 bridgehead atoms. The zero-order chi connectivity index (χ0) is 9.97. The molecule has 0 spiro atoms. The van der Waals surface area contributed by atoms with E-state index in [1.165, 1.54) is 11.0 Å². The molecule has 0 aliphatic rings. The Hall–Kier alpha value is -1.62. The van der Waals surface area contributed by atoms with E-state index in [2.05, 4.69) is 15.5 Å². The van der Waals surface area contributed by atoms with Crippen molar-refractivity contribution in [3.8, 4) is 11.4 Å². The molecule has 0 amide bonds. The first-order valence-corrected chi connectivity index (χ1v) is 4.26. The maximum absolute atomic E-state index is 5.94. The van der Waals surface area contributed by atoms with Crippen LogP contribution in [0.3, 0.4) is 0 Å². The fourth-order valence-electron chi connectivity index (χ4n) is 1.08. The van der Waals surface area contributed by atoms with Gasteiger partial charge < -0.3 is 4.74 Å². The second-order valence-corrected chi connectivity index (χ2v) is 2.98. The Balaban J connectivity index is 2.43. The monoisotopic (exact) mass is 210 g/mol. The Labute approximate surface area is 85.3 Å². The van der Waals surface area contributed by atoms with Gasteiger partial charge in [-0.2, -0.15) is 0 Å². The van der Waals surface area contributed by atoms with Crippen molar-refractivity contribution in [3.05, 3.63) is 29.5 Å². The molecular formula is C8H7ClN4O. The SMILES string of the molecule is COc1ccc(-n2cnnn2)cc1Cl. The largest absolute Gasteiger partial charge is 0.495 e. The Bertz CT molecular complexity index is 429. The molecule has 1 aromatic heterocycles. The Morgan fingerprint density at radius 3 is 2.86 bits per heavy atom. The van der Waals surface area contributed by atoms with Crippen LogP contribution in [0.1, 0.15) is 0 Å². The highest BCUT2D eigenvalue weighted by Gasteiger charge is 2.03. The molecule has 0 fully saturated rings. The Morgan fingerprint density at radius 2 is 2.29 bits per heavy atom. The second kappa shape index (κ2) is 3.63. The molecule has 0 aliphatic carbocycles. The lowest BCUT2D eigenvalue weighted by Crippen LogP contribution is -1.95. The third-order valence-corrected chi connectivity index (χ3v) is 2.04. The number of tetrazole rings is 1. The lowest BCUT2D eigenvalue weighted by atomic mass is 10.3. The lowest BCUT2D eigenvalue weighted by molar-refractivity contribution is 0.415. The molecule has 1 aromatic carbocycles. The minimum Gasteiger partial charge on any atom is -0.495 e. The average Bonchev–Trinajstić information content (AvgIpc) is 2.70. The number of benzene rings is 1. The van der Waals surface area contributed by atoms with Crippen LogP contribution in [0.15, 0.2) is 24.5 Å². The summed E-state index contributed by atoms with van der Waals surface area (Å²) in [5.41, 5.74) is 0.792. The summed E-state index contributed by atoms with van der Waals surface area (Å²) in [5.74, 6) is 0.628. The fraction of sp³-hybridized carbons (Fsp3) is 0.125. The van der Waals surface area contributed by atoms with E-state index in [-0.39, 0.29) is 0 Å². The maximum Gasteiger partial charge on any atom is 0.143 e. The molecule has 0 N–H and O–H groups in total. The van der Waals surface area contributed by atoms with Gasteiger partial charge in [-0.05, 0) is 28.6 Å². The number of ether oxygens (including phenoxy) is 1. The van der Waals surface area contributed by atoms with Crippen LogP contribution in [0, 0.1) is 0 Å². The van der Waals surface area contributed by atoms with Gasteiger partial charge in [0, 0.05) is 0 Å². The lowest BCUT2D eigenvalue weighted by Gasteiger charge is -2.04. The van der Waals surface area contributed by atoms with Crippen molar-refractivity contribution in [2.45, 2.75) is 0 Å². The zero-order valence-corrected chi connectivity index (χ0v) is 8.14. The molecular weight excluding hydrogens is 204 g/mol. The maximum atomic E-state index is 5.94. The molecule has 14 heavy (non-hydrogen) atoms. The van der Waals surface area contributed by atoms with E-state index in [1.54, 1.807) is 19.2 Å². The van der Waals surface area contributed by atoms with E-state index in [4.69, 9.17) is 16.3 Å². The number of methoxy groups -OCH3 is 1. The summed E-state index contributed by atoms with van der Waals surface area (Å²) in [6.07, 6.45) is 1.50. The minimum atomic E-state index is 0.528. The second-order valence-electron chi connectivity index (χ2n) is 2.57. The summed E-state index contributed by atoms with van der Waals surface area (Å²) >= 11 is 5.94. The normalized spacial score (nSPS) is 10.1. The van der Waals surface area contributed by atoms with Crippen LogP contribution < -0.4 is 4.74 Å². The quantitative estimate of drug-likeness (QED) is 0.750. The van der Waals surface area contributed by atoms with Gasteiger partial charge >= 0.3 is 0 Å². The summed E-state index contributed by atoms with van der Waals surface area (Å²) < 4.78 is 6.54. The minimum absolute atomic E-state index is 0.528. The van der Waals surface area contributed by atoms with E-state index in [0.29, 0.717) is 10.8 Å². The van der Waals surface area contributed by atoms with Gasteiger partial charge in [0.05, 0.1) is 17.8 Å². The Kier molecular flexibility index (Phi) is 2.32. The summed E-state index contributed by atoms with van der Waals surface area (Å²) in [6, 6.07) is 5.32. The predicted octanol–water partition coefficient (Wildman–Crippen LogP) is 1.32. The fourth-order valence-corrected chi connectivity index (χ4v) is 1.33. The molecule has 2 rings (SSSR count). The van der Waals surface area contributed by atoms with E-state index in [0.717, 1.165) is 5.69 Å². The topological polar surface area (TPSA) is 52.8 Å². The molecule has 0 saturated heterocycles. The third-order valence-electron chi connectivity index (χ3n) is 1.75. The van der Waals surface area contributed by atoms with Crippen LogP contribution in [0.2, 0.25) is 5.02 Å². The summed E-state index contributed by atoms with van der Waals surface area (Å²) in [4.78, 5) is 0. The molecule has 0 unspecified atom stereocenters. The van der Waals surface area contributed by atoms with Crippen LogP contribution in [0.4, 0.5) is 0 Å². The van der Waals surface area contributed by atoms with Crippen molar-refractivity contribution in [2.24, 2.45) is 0 Å². The van der Waals surface area contributed by atoms with E-state index in [1.807, 2.05) is 6.07 Å². The van der Waals surface area contributed by atoms with Gasteiger partial charge in [0.25, 0.3) is 0 Å². The number of aromatic nitrogens is 4. The van der Waals surface area contributed by atoms with Crippen LogP contribution in [0.5, 0.6) is 5.75 Å². The van der Waals surface area contributed by atoms with Crippen molar-refractivity contribution in [3.63, 3.8) is 0 Å². The number of halogens is 1. The Morgan fingerprint density at radius 1 is 1.43 bits per heavy atom. The molecule has 5 nitrogen and oxygen atoms in total. The molecule has 0 saturated carbocycles. The molecule has 72 valence electrons. The first-order valence-electron chi connectivity index (χ1n) is 3.88. The number of hydrogen-bond acceptors (Lipinski definition) is 4. The van der Waals surface area contributed by atoms with Gasteiger partial charge in [0.15, 0.2) is 0 Å². The van der Waals surface area contributed by atoms with E-state index >= 15 is 0 Å². The molecule has 0 radical (unpaired) electrons. The van der Waals surface area contributed by atoms with Gasteiger partial charge in [-0.1, -0.05) is 11.6 Å². The zero-order valence-electron chi connectivity index (χ0n) is 7.38. The van der Waals surface area contributed by atoms with Crippen molar-refractivity contribution in [1.29, 1.82) is 0 Å². The van der Waals surface area contributed by atoms with Crippen LogP contribution in [0.25, 0.3) is 5.69 Å². The first kappa shape index (κ1) is 8.96.